The summed E-state index contributed by atoms with van der Waals surface area (Å²) in [4.78, 5) is 16.1. The van der Waals surface area contributed by atoms with E-state index < -0.39 is 6.09 Å². The molecule has 0 spiro atoms. The van der Waals surface area contributed by atoms with Crippen LogP contribution in [-0.4, -0.2) is 22.8 Å². The monoisotopic (exact) mass is 303 g/mol. The maximum absolute atomic E-state index is 11.7. The van der Waals surface area contributed by atoms with E-state index in [2.05, 4.69) is 29.3 Å². The van der Waals surface area contributed by atoms with E-state index in [4.69, 9.17) is 9.26 Å². The Morgan fingerprint density at radius 3 is 2.68 bits per heavy atom. The van der Waals surface area contributed by atoms with E-state index in [-0.39, 0.29) is 6.04 Å². The minimum Gasteiger partial charge on any atom is -0.450 e. The van der Waals surface area contributed by atoms with Gasteiger partial charge in [0, 0.05) is 5.56 Å². The van der Waals surface area contributed by atoms with Crippen molar-refractivity contribution in [3.05, 3.63) is 36.2 Å². The molecule has 6 heteroatoms. The largest absolute Gasteiger partial charge is 0.450 e. The lowest BCUT2D eigenvalue weighted by Gasteiger charge is -2.16. The molecule has 0 unspecified atom stereocenters. The third kappa shape index (κ3) is 4.31. The standard InChI is InChI=1S/C16H21N3O3/c1-4-21-16(20)17-13(10-11(2)3)15-18-14(19-22-15)12-8-6-5-7-9-12/h5-9,11,13H,4,10H2,1-3H3,(H,17,20)/t13-/m0/s1. The second-order valence-corrected chi connectivity index (χ2v) is 5.37. The third-order valence-electron chi connectivity index (χ3n) is 3.05. The second-order valence-electron chi connectivity index (χ2n) is 5.37. The second kappa shape index (κ2) is 7.59. The predicted octanol–water partition coefficient (Wildman–Crippen LogP) is 3.57. The molecule has 118 valence electrons. The van der Waals surface area contributed by atoms with Crippen LogP contribution in [0.2, 0.25) is 0 Å². The van der Waals surface area contributed by atoms with Crippen molar-refractivity contribution in [2.75, 3.05) is 6.61 Å². The first kappa shape index (κ1) is 16.0. The number of carbonyl (C=O) groups excluding carboxylic acids is 1. The van der Waals surface area contributed by atoms with Gasteiger partial charge in [-0.05, 0) is 19.3 Å². The molecule has 0 saturated carbocycles. The molecular weight excluding hydrogens is 282 g/mol. The Hall–Kier alpha value is -2.37. The number of alkyl carbamates (subject to hydrolysis) is 1. The number of ether oxygens (including phenoxy) is 1. The van der Waals surface area contributed by atoms with Gasteiger partial charge in [0.2, 0.25) is 11.7 Å². The summed E-state index contributed by atoms with van der Waals surface area (Å²) in [7, 11) is 0. The van der Waals surface area contributed by atoms with E-state index in [0.29, 0.717) is 30.7 Å². The molecule has 1 aromatic heterocycles. The minimum atomic E-state index is -0.479. The highest BCUT2D eigenvalue weighted by molar-refractivity contribution is 5.67. The summed E-state index contributed by atoms with van der Waals surface area (Å²) in [5, 5.41) is 6.76. The maximum Gasteiger partial charge on any atom is 0.407 e. The predicted molar refractivity (Wildman–Crippen MR) is 82.1 cm³/mol. The van der Waals surface area contributed by atoms with E-state index in [1.54, 1.807) is 6.92 Å². The summed E-state index contributed by atoms with van der Waals surface area (Å²) in [5.74, 6) is 1.26. The number of hydrogen-bond donors (Lipinski definition) is 1. The average molecular weight is 303 g/mol. The molecule has 1 N–H and O–H groups in total. The molecule has 0 radical (unpaired) electrons. The molecule has 6 nitrogen and oxygen atoms in total. The van der Waals surface area contributed by atoms with Crippen LogP contribution in [0.5, 0.6) is 0 Å². The molecule has 1 atom stereocenters. The smallest absolute Gasteiger partial charge is 0.407 e. The highest BCUT2D eigenvalue weighted by atomic mass is 16.5. The van der Waals surface area contributed by atoms with Crippen LogP contribution in [0, 0.1) is 5.92 Å². The molecular formula is C16H21N3O3. The third-order valence-corrected chi connectivity index (χ3v) is 3.05. The first-order valence-corrected chi connectivity index (χ1v) is 7.42. The van der Waals surface area contributed by atoms with Gasteiger partial charge >= 0.3 is 6.09 Å². The fourth-order valence-electron chi connectivity index (χ4n) is 2.09. The van der Waals surface area contributed by atoms with E-state index >= 15 is 0 Å². The van der Waals surface area contributed by atoms with E-state index in [1.807, 2.05) is 30.3 Å². The topological polar surface area (TPSA) is 77.2 Å². The van der Waals surface area contributed by atoms with Crippen LogP contribution in [-0.2, 0) is 4.74 Å². The highest BCUT2D eigenvalue weighted by Crippen LogP contribution is 2.23. The van der Waals surface area contributed by atoms with Gasteiger partial charge in [0.25, 0.3) is 0 Å². The molecule has 0 aliphatic heterocycles. The zero-order valence-corrected chi connectivity index (χ0v) is 13.1. The van der Waals surface area contributed by atoms with E-state index in [1.165, 1.54) is 0 Å². The van der Waals surface area contributed by atoms with Gasteiger partial charge in [-0.1, -0.05) is 49.3 Å². The van der Waals surface area contributed by atoms with Crippen molar-refractivity contribution in [2.24, 2.45) is 5.92 Å². The SMILES string of the molecule is CCOC(=O)N[C@@H](CC(C)C)c1nc(-c2ccccc2)no1. The molecule has 0 aliphatic rings. The number of carbonyl (C=O) groups is 1. The van der Waals surface area contributed by atoms with Crippen molar-refractivity contribution in [3.8, 4) is 11.4 Å². The zero-order chi connectivity index (χ0) is 15.9. The summed E-state index contributed by atoms with van der Waals surface area (Å²) in [6.07, 6.45) is 0.211. The van der Waals surface area contributed by atoms with Crippen LogP contribution in [0.3, 0.4) is 0 Å². The summed E-state index contributed by atoms with van der Waals surface area (Å²) >= 11 is 0. The number of amides is 1. The molecule has 2 rings (SSSR count). The molecule has 0 aliphatic carbocycles. The van der Waals surface area contributed by atoms with Crippen molar-refractivity contribution < 1.29 is 14.1 Å². The lowest BCUT2D eigenvalue weighted by molar-refractivity contribution is 0.143. The average Bonchev–Trinajstić information content (AvgIpc) is 2.97. The fraction of sp³-hybridized carbons (Fsp3) is 0.438. The Morgan fingerprint density at radius 2 is 2.05 bits per heavy atom. The molecule has 2 aromatic rings. The molecule has 22 heavy (non-hydrogen) atoms. The zero-order valence-electron chi connectivity index (χ0n) is 13.1. The molecule has 1 aromatic carbocycles. The van der Waals surface area contributed by atoms with Crippen molar-refractivity contribution in [1.29, 1.82) is 0 Å². The number of rotatable bonds is 6. The van der Waals surface area contributed by atoms with Gasteiger partial charge in [-0.25, -0.2) is 4.79 Å². The lowest BCUT2D eigenvalue weighted by atomic mass is 10.0. The number of aromatic nitrogens is 2. The highest BCUT2D eigenvalue weighted by Gasteiger charge is 2.23. The first-order valence-electron chi connectivity index (χ1n) is 7.42. The van der Waals surface area contributed by atoms with Crippen molar-refractivity contribution >= 4 is 6.09 Å². The van der Waals surface area contributed by atoms with Crippen molar-refractivity contribution in [1.82, 2.24) is 15.5 Å². The van der Waals surface area contributed by atoms with Gasteiger partial charge < -0.3 is 14.6 Å². The minimum absolute atomic E-state index is 0.319. The van der Waals surface area contributed by atoms with Gasteiger partial charge in [-0.15, -0.1) is 0 Å². The summed E-state index contributed by atoms with van der Waals surface area (Å²) in [6.45, 7) is 6.21. The molecule has 0 bridgehead atoms. The van der Waals surface area contributed by atoms with Crippen molar-refractivity contribution in [2.45, 2.75) is 33.2 Å². The lowest BCUT2D eigenvalue weighted by Crippen LogP contribution is -2.30. The first-order chi connectivity index (χ1) is 10.6. The van der Waals surface area contributed by atoms with Crippen LogP contribution in [0.1, 0.15) is 39.1 Å². The van der Waals surface area contributed by atoms with E-state index in [0.717, 1.165) is 5.56 Å². The maximum atomic E-state index is 11.7. The van der Waals surface area contributed by atoms with E-state index in [9.17, 15) is 4.79 Å². The number of hydrogen-bond acceptors (Lipinski definition) is 5. The molecule has 0 fully saturated rings. The van der Waals surface area contributed by atoms with Crippen molar-refractivity contribution in [3.63, 3.8) is 0 Å². The normalized spacial score (nSPS) is 12.2. The Morgan fingerprint density at radius 1 is 1.32 bits per heavy atom. The molecule has 1 amide bonds. The molecule has 1 heterocycles. The Balaban J connectivity index is 2.17. The number of benzene rings is 1. The van der Waals surface area contributed by atoms with Crippen LogP contribution in [0.4, 0.5) is 4.79 Å². The number of nitrogens with one attached hydrogen (secondary N) is 1. The van der Waals surface area contributed by atoms with Crippen LogP contribution >= 0.6 is 0 Å². The fourth-order valence-corrected chi connectivity index (χ4v) is 2.09. The summed E-state index contributed by atoms with van der Waals surface area (Å²) in [6, 6.07) is 9.20. The summed E-state index contributed by atoms with van der Waals surface area (Å²) < 4.78 is 10.3. The summed E-state index contributed by atoms with van der Waals surface area (Å²) in [5.41, 5.74) is 0.872. The Bertz CT molecular complexity index is 596. The van der Waals surface area contributed by atoms with Gasteiger partial charge in [0.05, 0.1) is 6.61 Å². The van der Waals surface area contributed by atoms with Gasteiger partial charge in [0.1, 0.15) is 6.04 Å². The van der Waals surface area contributed by atoms with Crippen LogP contribution in [0.15, 0.2) is 34.9 Å². The molecule has 0 saturated heterocycles. The van der Waals surface area contributed by atoms with Gasteiger partial charge in [0.15, 0.2) is 0 Å². The van der Waals surface area contributed by atoms with Gasteiger partial charge in [-0.2, -0.15) is 4.98 Å². The Kier molecular flexibility index (Phi) is 5.52. The quantitative estimate of drug-likeness (QED) is 0.882. The Labute approximate surface area is 129 Å². The van der Waals surface area contributed by atoms with Gasteiger partial charge in [-0.3, -0.25) is 0 Å². The van der Waals surface area contributed by atoms with Crippen LogP contribution in [0.25, 0.3) is 11.4 Å². The van der Waals surface area contributed by atoms with Crippen LogP contribution < -0.4 is 5.32 Å². The number of nitrogens with zero attached hydrogens (tertiary/aromatic N) is 2.